The maximum atomic E-state index is 12.4. The van der Waals surface area contributed by atoms with Gasteiger partial charge in [-0.3, -0.25) is 0 Å². The van der Waals surface area contributed by atoms with Crippen molar-refractivity contribution < 1.29 is 13.2 Å². The summed E-state index contributed by atoms with van der Waals surface area (Å²) < 4.78 is 37.9. The Labute approximate surface area is 94.1 Å². The van der Waals surface area contributed by atoms with E-state index in [4.69, 9.17) is 0 Å². The van der Waals surface area contributed by atoms with Crippen LogP contribution in [0.1, 0.15) is 10.6 Å². The first-order valence-electron chi connectivity index (χ1n) is 4.62. The number of hydrogen-bond acceptors (Lipinski definition) is 3. The number of hydrogen-bond donors (Lipinski definition) is 1. The van der Waals surface area contributed by atoms with E-state index < -0.39 is 11.7 Å². The molecule has 2 rings (SSSR count). The Morgan fingerprint density at radius 3 is 2.75 bits per heavy atom. The van der Waals surface area contributed by atoms with E-state index in [1.54, 1.807) is 7.05 Å². The Hall–Kier alpha value is -1.14. The lowest BCUT2D eigenvalue weighted by Crippen LogP contribution is -2.04. The molecular formula is C10H9F3N2S. The molecule has 1 N–H and O–H groups in total. The molecule has 0 saturated carbocycles. The first kappa shape index (κ1) is 11.3. The first-order chi connectivity index (χ1) is 7.50. The fourth-order valence-electron chi connectivity index (χ4n) is 1.38. The minimum absolute atomic E-state index is 0.570. The van der Waals surface area contributed by atoms with E-state index in [2.05, 4.69) is 10.3 Å². The summed E-state index contributed by atoms with van der Waals surface area (Å²) >= 11 is 1.28. The SMILES string of the molecule is CNCc1nc2ccc(C(F)(F)F)cc2s1. The molecule has 0 aliphatic carbocycles. The number of nitrogens with one attached hydrogen (secondary N) is 1. The summed E-state index contributed by atoms with van der Waals surface area (Å²) in [6, 6.07) is 3.62. The number of benzene rings is 1. The van der Waals surface area contributed by atoms with Gasteiger partial charge in [0.05, 0.1) is 15.8 Å². The number of nitrogens with zero attached hydrogens (tertiary/aromatic N) is 1. The van der Waals surface area contributed by atoms with Crippen LogP contribution in [-0.2, 0) is 12.7 Å². The Morgan fingerprint density at radius 1 is 1.38 bits per heavy atom. The fourth-order valence-corrected chi connectivity index (χ4v) is 2.39. The van der Waals surface area contributed by atoms with Gasteiger partial charge in [0, 0.05) is 6.54 Å². The van der Waals surface area contributed by atoms with E-state index in [1.165, 1.54) is 17.4 Å². The van der Waals surface area contributed by atoms with Crippen LogP contribution in [0.2, 0.25) is 0 Å². The highest BCUT2D eigenvalue weighted by Crippen LogP contribution is 2.33. The van der Waals surface area contributed by atoms with Crippen LogP contribution in [0.3, 0.4) is 0 Å². The van der Waals surface area contributed by atoms with Gasteiger partial charge in [-0.25, -0.2) is 4.98 Å². The van der Waals surface area contributed by atoms with Gasteiger partial charge in [-0.15, -0.1) is 11.3 Å². The van der Waals surface area contributed by atoms with Crippen molar-refractivity contribution in [2.24, 2.45) is 0 Å². The summed E-state index contributed by atoms with van der Waals surface area (Å²) in [5, 5.41) is 3.70. The molecule has 0 bridgehead atoms. The monoisotopic (exact) mass is 246 g/mol. The van der Waals surface area contributed by atoms with Gasteiger partial charge in [0.25, 0.3) is 0 Å². The summed E-state index contributed by atoms with van der Waals surface area (Å²) in [5.74, 6) is 0. The molecule has 0 aliphatic rings. The topological polar surface area (TPSA) is 24.9 Å². The molecule has 2 nitrogen and oxygen atoms in total. The van der Waals surface area contributed by atoms with Crippen LogP contribution < -0.4 is 5.32 Å². The standard InChI is InChI=1S/C10H9F3N2S/c1-14-5-9-15-7-3-2-6(10(11,12)13)4-8(7)16-9/h2-4,14H,5H2,1H3. The summed E-state index contributed by atoms with van der Waals surface area (Å²) in [7, 11) is 1.77. The van der Waals surface area contributed by atoms with Crippen molar-refractivity contribution in [1.82, 2.24) is 10.3 Å². The van der Waals surface area contributed by atoms with Crippen molar-refractivity contribution in [3.63, 3.8) is 0 Å². The molecule has 0 saturated heterocycles. The minimum Gasteiger partial charge on any atom is -0.314 e. The van der Waals surface area contributed by atoms with Gasteiger partial charge in [0.2, 0.25) is 0 Å². The van der Waals surface area contributed by atoms with Crippen molar-refractivity contribution in [3.05, 3.63) is 28.8 Å². The van der Waals surface area contributed by atoms with Crippen LogP contribution in [0.15, 0.2) is 18.2 Å². The van der Waals surface area contributed by atoms with E-state index in [-0.39, 0.29) is 0 Å². The molecule has 0 amide bonds. The van der Waals surface area contributed by atoms with Gasteiger partial charge in [0.1, 0.15) is 5.01 Å². The average molecular weight is 246 g/mol. The molecule has 16 heavy (non-hydrogen) atoms. The second-order valence-corrected chi connectivity index (χ2v) is 4.43. The molecule has 0 fully saturated rings. The smallest absolute Gasteiger partial charge is 0.314 e. The highest BCUT2D eigenvalue weighted by atomic mass is 32.1. The zero-order valence-electron chi connectivity index (χ0n) is 8.43. The molecule has 0 spiro atoms. The van der Waals surface area contributed by atoms with Crippen molar-refractivity contribution in [3.8, 4) is 0 Å². The van der Waals surface area contributed by atoms with Crippen LogP contribution in [0.5, 0.6) is 0 Å². The van der Waals surface area contributed by atoms with E-state index in [0.717, 1.165) is 17.1 Å². The Bertz CT molecular complexity index is 504. The molecule has 0 unspecified atom stereocenters. The van der Waals surface area contributed by atoms with Crippen LogP contribution in [-0.4, -0.2) is 12.0 Å². The van der Waals surface area contributed by atoms with Gasteiger partial charge in [-0.2, -0.15) is 13.2 Å². The van der Waals surface area contributed by atoms with E-state index >= 15 is 0 Å². The molecule has 86 valence electrons. The third-order valence-corrected chi connectivity index (χ3v) is 3.11. The predicted octanol–water partition coefficient (Wildman–Crippen LogP) is 3.03. The number of alkyl halides is 3. The Morgan fingerprint density at radius 2 is 2.12 bits per heavy atom. The number of halogens is 3. The maximum absolute atomic E-state index is 12.4. The van der Waals surface area contributed by atoms with E-state index in [1.807, 2.05) is 0 Å². The summed E-state index contributed by atoms with van der Waals surface area (Å²) in [4.78, 5) is 4.21. The van der Waals surface area contributed by atoms with Crippen molar-refractivity contribution in [1.29, 1.82) is 0 Å². The molecule has 2 aromatic rings. The molecular weight excluding hydrogens is 237 g/mol. The number of fused-ring (bicyclic) bond motifs is 1. The largest absolute Gasteiger partial charge is 0.416 e. The van der Waals surface area contributed by atoms with Gasteiger partial charge in [-0.1, -0.05) is 0 Å². The number of aromatic nitrogens is 1. The molecule has 1 aromatic heterocycles. The summed E-state index contributed by atoms with van der Waals surface area (Å²) in [6.07, 6.45) is -4.29. The zero-order chi connectivity index (χ0) is 11.8. The van der Waals surface area contributed by atoms with Crippen molar-refractivity contribution in [2.75, 3.05) is 7.05 Å². The maximum Gasteiger partial charge on any atom is 0.416 e. The van der Waals surface area contributed by atoms with E-state index in [9.17, 15) is 13.2 Å². The highest BCUT2D eigenvalue weighted by molar-refractivity contribution is 7.18. The van der Waals surface area contributed by atoms with Crippen molar-refractivity contribution in [2.45, 2.75) is 12.7 Å². The lowest BCUT2D eigenvalue weighted by Gasteiger charge is -2.04. The summed E-state index contributed by atoms with van der Waals surface area (Å²) in [6.45, 7) is 0.570. The van der Waals surface area contributed by atoms with Crippen LogP contribution in [0, 0.1) is 0 Å². The normalized spacial score (nSPS) is 12.2. The van der Waals surface area contributed by atoms with Crippen LogP contribution in [0.4, 0.5) is 13.2 Å². The molecule has 1 aromatic carbocycles. The Kier molecular flexibility index (Phi) is 2.86. The molecule has 0 radical (unpaired) electrons. The number of thiazole rings is 1. The lowest BCUT2D eigenvalue weighted by atomic mass is 10.2. The lowest BCUT2D eigenvalue weighted by molar-refractivity contribution is -0.137. The average Bonchev–Trinajstić information content (AvgIpc) is 2.57. The third-order valence-electron chi connectivity index (χ3n) is 2.09. The van der Waals surface area contributed by atoms with Gasteiger partial charge in [-0.05, 0) is 25.2 Å². The predicted molar refractivity (Wildman–Crippen MR) is 57.4 cm³/mol. The molecule has 0 aliphatic heterocycles. The molecule has 0 atom stereocenters. The number of rotatable bonds is 2. The quantitative estimate of drug-likeness (QED) is 0.881. The van der Waals surface area contributed by atoms with Gasteiger partial charge >= 0.3 is 6.18 Å². The van der Waals surface area contributed by atoms with E-state index in [0.29, 0.717) is 16.8 Å². The summed E-state index contributed by atoms with van der Waals surface area (Å²) in [5.41, 5.74) is -0.0112. The minimum atomic E-state index is -4.29. The van der Waals surface area contributed by atoms with Gasteiger partial charge in [0.15, 0.2) is 0 Å². The Balaban J connectivity index is 2.46. The fraction of sp³-hybridized carbons (Fsp3) is 0.300. The van der Waals surface area contributed by atoms with Crippen molar-refractivity contribution >= 4 is 21.6 Å². The van der Waals surface area contributed by atoms with Crippen LogP contribution in [0.25, 0.3) is 10.2 Å². The zero-order valence-corrected chi connectivity index (χ0v) is 9.25. The second-order valence-electron chi connectivity index (χ2n) is 3.32. The van der Waals surface area contributed by atoms with Crippen LogP contribution >= 0.6 is 11.3 Å². The first-order valence-corrected chi connectivity index (χ1v) is 5.43. The molecule has 1 heterocycles. The van der Waals surface area contributed by atoms with Gasteiger partial charge < -0.3 is 5.32 Å². The second kappa shape index (κ2) is 4.03. The highest BCUT2D eigenvalue weighted by Gasteiger charge is 2.30. The molecule has 6 heteroatoms. The third kappa shape index (κ3) is 2.17.